The lowest BCUT2D eigenvalue weighted by Gasteiger charge is -2.31. The van der Waals surface area contributed by atoms with E-state index in [1.807, 2.05) is 6.92 Å². The smallest absolute Gasteiger partial charge is 0.273 e. The van der Waals surface area contributed by atoms with E-state index in [9.17, 15) is 14.0 Å². The van der Waals surface area contributed by atoms with Gasteiger partial charge in [-0.3, -0.25) is 14.2 Å². The van der Waals surface area contributed by atoms with E-state index in [0.29, 0.717) is 34.1 Å². The van der Waals surface area contributed by atoms with Gasteiger partial charge in [0.25, 0.3) is 5.56 Å². The van der Waals surface area contributed by atoms with Crippen molar-refractivity contribution in [1.29, 1.82) is 0 Å². The molecule has 4 rings (SSSR count). The molecule has 2 aromatic heterocycles. The van der Waals surface area contributed by atoms with E-state index in [4.69, 9.17) is 4.74 Å². The van der Waals surface area contributed by atoms with Crippen LogP contribution in [0.5, 0.6) is 5.75 Å². The van der Waals surface area contributed by atoms with Crippen LogP contribution in [0.15, 0.2) is 29.3 Å². The number of rotatable bonds is 7. The zero-order valence-corrected chi connectivity index (χ0v) is 19.0. The Kier molecular flexibility index (Phi) is 6.69. The Morgan fingerprint density at radius 1 is 1.41 bits per heavy atom. The minimum atomic E-state index is -0.477. The molecule has 1 aromatic carbocycles. The number of carbonyl (C=O) groups is 1. The molecule has 3 aromatic rings. The van der Waals surface area contributed by atoms with Gasteiger partial charge in [-0.15, -0.1) is 0 Å². The van der Waals surface area contributed by atoms with Gasteiger partial charge in [-0.05, 0) is 37.0 Å². The second kappa shape index (κ2) is 9.64. The van der Waals surface area contributed by atoms with Gasteiger partial charge in [-0.1, -0.05) is 24.3 Å². The van der Waals surface area contributed by atoms with E-state index >= 15 is 0 Å². The Morgan fingerprint density at radius 2 is 2.25 bits per heavy atom. The molecule has 1 amide bonds. The van der Waals surface area contributed by atoms with Gasteiger partial charge in [0.2, 0.25) is 5.91 Å². The number of thiazole rings is 1. The Hall–Kier alpha value is -3.01. The van der Waals surface area contributed by atoms with Gasteiger partial charge in [0, 0.05) is 19.6 Å². The number of methoxy groups -OCH3 is 1. The number of ether oxygens (including phenoxy) is 1. The topological polar surface area (TPSA) is 89.3 Å². The molecule has 1 unspecified atom stereocenters. The summed E-state index contributed by atoms with van der Waals surface area (Å²) in [4.78, 5) is 36.4. The number of benzene rings is 1. The van der Waals surface area contributed by atoms with Crippen molar-refractivity contribution in [3.8, 4) is 5.75 Å². The number of anilines is 1. The van der Waals surface area contributed by atoms with Crippen LogP contribution in [0.25, 0.3) is 10.3 Å². The lowest BCUT2D eigenvalue weighted by Crippen LogP contribution is -2.43. The summed E-state index contributed by atoms with van der Waals surface area (Å²) in [5.41, 5.74) is 0.808. The van der Waals surface area contributed by atoms with Crippen molar-refractivity contribution in [3.63, 3.8) is 0 Å². The van der Waals surface area contributed by atoms with Crippen molar-refractivity contribution in [2.24, 2.45) is 5.92 Å². The van der Waals surface area contributed by atoms with E-state index in [-0.39, 0.29) is 29.7 Å². The van der Waals surface area contributed by atoms with Crippen LogP contribution < -0.4 is 20.5 Å². The fraction of sp³-hybridized carbons (Fsp3) is 0.455. The Bertz CT molecular complexity index is 1180. The average Bonchev–Trinajstić information content (AvgIpc) is 3.25. The molecule has 0 bridgehead atoms. The SMILES string of the molecule is CCCNC(=O)C1CCCN(c2nc3ncn(Cc4ccc(OC)c(F)c4)c(=O)c3s2)C1. The van der Waals surface area contributed by atoms with Crippen LogP contribution in [0.1, 0.15) is 31.7 Å². The van der Waals surface area contributed by atoms with Crippen LogP contribution in [0.4, 0.5) is 9.52 Å². The Morgan fingerprint density at radius 3 is 3.00 bits per heavy atom. The van der Waals surface area contributed by atoms with Crippen LogP contribution in [-0.4, -0.2) is 47.2 Å². The fourth-order valence-corrected chi connectivity index (χ4v) is 4.85. The standard InChI is InChI=1S/C22H26FN5O3S/c1-3-8-24-20(29)15-5-4-9-27(12-15)22-26-19-18(32-22)21(30)28(13-25-19)11-14-6-7-17(31-2)16(23)10-14/h6-7,10,13,15H,3-5,8-9,11-12H2,1-2H3,(H,24,29). The first kappa shape index (κ1) is 22.2. The fourth-order valence-electron chi connectivity index (χ4n) is 3.85. The molecule has 1 aliphatic heterocycles. The molecular weight excluding hydrogens is 433 g/mol. The second-order valence-corrected chi connectivity index (χ2v) is 8.85. The predicted molar refractivity (Wildman–Crippen MR) is 122 cm³/mol. The average molecular weight is 460 g/mol. The molecule has 170 valence electrons. The van der Waals surface area contributed by atoms with Crippen LogP contribution in [0.2, 0.25) is 0 Å². The molecule has 3 heterocycles. The Balaban J connectivity index is 1.54. The zero-order valence-electron chi connectivity index (χ0n) is 18.1. The monoisotopic (exact) mass is 459 g/mol. The first-order chi connectivity index (χ1) is 15.5. The molecule has 0 saturated carbocycles. The van der Waals surface area contributed by atoms with Gasteiger partial charge in [0.15, 0.2) is 22.3 Å². The number of hydrogen-bond acceptors (Lipinski definition) is 7. The van der Waals surface area contributed by atoms with E-state index in [1.54, 1.807) is 6.07 Å². The number of aromatic nitrogens is 3. The number of halogens is 1. The minimum absolute atomic E-state index is 0.0739. The van der Waals surface area contributed by atoms with Crippen molar-refractivity contribution >= 4 is 32.7 Å². The Labute approximate surface area is 189 Å². The largest absolute Gasteiger partial charge is 0.494 e. The van der Waals surface area contributed by atoms with Crippen molar-refractivity contribution in [2.75, 3.05) is 31.6 Å². The van der Waals surface area contributed by atoms with E-state index in [0.717, 1.165) is 25.8 Å². The normalized spacial score (nSPS) is 16.3. The summed E-state index contributed by atoms with van der Waals surface area (Å²) in [5, 5.41) is 3.67. The van der Waals surface area contributed by atoms with E-state index < -0.39 is 5.82 Å². The van der Waals surface area contributed by atoms with Gasteiger partial charge in [-0.2, -0.15) is 4.98 Å². The lowest BCUT2D eigenvalue weighted by molar-refractivity contribution is -0.125. The molecule has 1 atom stereocenters. The van der Waals surface area contributed by atoms with E-state index in [2.05, 4.69) is 20.2 Å². The number of piperidine rings is 1. The number of carbonyl (C=O) groups excluding carboxylic acids is 1. The number of fused-ring (bicyclic) bond motifs is 1. The molecule has 10 heteroatoms. The lowest BCUT2D eigenvalue weighted by atomic mass is 9.97. The maximum absolute atomic E-state index is 14.0. The second-order valence-electron chi connectivity index (χ2n) is 7.87. The summed E-state index contributed by atoms with van der Waals surface area (Å²) < 4.78 is 20.8. The number of amides is 1. The van der Waals surface area contributed by atoms with E-state index in [1.165, 1.54) is 41.5 Å². The zero-order chi connectivity index (χ0) is 22.7. The predicted octanol–water partition coefficient (Wildman–Crippen LogP) is 2.79. The third-order valence-corrected chi connectivity index (χ3v) is 6.65. The summed E-state index contributed by atoms with van der Waals surface area (Å²) in [6.07, 6.45) is 4.08. The van der Waals surface area contributed by atoms with Gasteiger partial charge in [-0.25, -0.2) is 9.37 Å². The highest BCUT2D eigenvalue weighted by atomic mass is 32.1. The highest BCUT2D eigenvalue weighted by molar-refractivity contribution is 7.22. The maximum atomic E-state index is 14.0. The molecular formula is C22H26FN5O3S. The summed E-state index contributed by atoms with van der Waals surface area (Å²) in [7, 11) is 1.41. The quantitative estimate of drug-likeness (QED) is 0.585. The molecule has 32 heavy (non-hydrogen) atoms. The van der Waals surface area contributed by atoms with Crippen molar-refractivity contribution in [2.45, 2.75) is 32.7 Å². The summed E-state index contributed by atoms with van der Waals surface area (Å²) in [5.74, 6) is -0.332. The highest BCUT2D eigenvalue weighted by Crippen LogP contribution is 2.29. The molecule has 8 nitrogen and oxygen atoms in total. The van der Waals surface area contributed by atoms with Crippen LogP contribution in [0.3, 0.4) is 0 Å². The molecule has 1 saturated heterocycles. The number of nitrogens with one attached hydrogen (secondary N) is 1. The first-order valence-corrected chi connectivity index (χ1v) is 11.5. The maximum Gasteiger partial charge on any atom is 0.273 e. The first-order valence-electron chi connectivity index (χ1n) is 10.7. The van der Waals surface area contributed by atoms with Crippen LogP contribution in [-0.2, 0) is 11.3 Å². The van der Waals surface area contributed by atoms with Crippen LogP contribution >= 0.6 is 11.3 Å². The van der Waals surface area contributed by atoms with Crippen LogP contribution in [0, 0.1) is 11.7 Å². The summed E-state index contributed by atoms with van der Waals surface area (Å²) in [6.45, 7) is 4.27. The van der Waals surface area contributed by atoms with Crippen molar-refractivity contribution < 1.29 is 13.9 Å². The van der Waals surface area contributed by atoms with Crippen molar-refractivity contribution in [3.05, 3.63) is 46.3 Å². The molecule has 1 N–H and O–H groups in total. The molecule has 0 spiro atoms. The highest BCUT2D eigenvalue weighted by Gasteiger charge is 2.27. The summed E-state index contributed by atoms with van der Waals surface area (Å²) in [6, 6.07) is 4.61. The number of hydrogen-bond donors (Lipinski definition) is 1. The molecule has 0 aliphatic carbocycles. The third kappa shape index (κ3) is 4.59. The number of nitrogens with zero attached hydrogens (tertiary/aromatic N) is 4. The molecule has 0 radical (unpaired) electrons. The van der Waals surface area contributed by atoms with Gasteiger partial charge in [0.1, 0.15) is 11.0 Å². The minimum Gasteiger partial charge on any atom is -0.494 e. The van der Waals surface area contributed by atoms with Gasteiger partial charge < -0.3 is 15.0 Å². The molecule has 1 fully saturated rings. The van der Waals surface area contributed by atoms with Crippen molar-refractivity contribution in [1.82, 2.24) is 19.9 Å². The van der Waals surface area contributed by atoms with Gasteiger partial charge in [0.05, 0.1) is 19.6 Å². The molecule has 1 aliphatic rings. The van der Waals surface area contributed by atoms with Gasteiger partial charge >= 0.3 is 0 Å². The summed E-state index contributed by atoms with van der Waals surface area (Å²) >= 11 is 1.29. The third-order valence-electron chi connectivity index (χ3n) is 5.55.